The van der Waals surface area contributed by atoms with Crippen LogP contribution in [0.4, 0.5) is 23.7 Å². The number of alkyl halides is 3. The normalized spacial score (nSPS) is 14.6. The summed E-state index contributed by atoms with van der Waals surface area (Å²) in [4.78, 5) is 29.5. The summed E-state index contributed by atoms with van der Waals surface area (Å²) >= 11 is 0. The maximum atomic E-state index is 13.5. The van der Waals surface area contributed by atoms with Gasteiger partial charge in [-0.3, -0.25) is 4.79 Å². The first kappa shape index (κ1) is 27.0. The Hall–Kier alpha value is -4.01. The van der Waals surface area contributed by atoms with Gasteiger partial charge in [-0.25, -0.2) is 4.79 Å². The maximum absolute atomic E-state index is 13.5. The summed E-state index contributed by atoms with van der Waals surface area (Å²) in [5, 5.41) is 4.09. The fraction of sp³-hybridized carbons (Fsp3) is 0.310. The molecule has 0 aliphatic carbocycles. The van der Waals surface area contributed by atoms with E-state index in [1.54, 1.807) is 26.8 Å². The number of ether oxygens (including phenoxy) is 1. The van der Waals surface area contributed by atoms with E-state index in [4.69, 9.17) is 4.74 Å². The highest BCUT2D eigenvalue weighted by Crippen LogP contribution is 2.34. The Morgan fingerprint density at radius 2 is 1.89 bits per heavy atom. The number of hydrogen-bond donors (Lipinski definition) is 2. The second kappa shape index (κ2) is 10.8. The molecule has 0 atom stereocenters. The van der Waals surface area contributed by atoms with E-state index in [0.717, 1.165) is 28.7 Å². The van der Waals surface area contributed by atoms with Crippen LogP contribution in [0.15, 0.2) is 60.8 Å². The molecule has 4 rings (SSSR count). The molecule has 2 N–H and O–H groups in total. The van der Waals surface area contributed by atoms with Gasteiger partial charge in [0.25, 0.3) is 0 Å². The Balaban J connectivity index is 1.49. The second-order valence-corrected chi connectivity index (χ2v) is 10.1. The van der Waals surface area contributed by atoms with E-state index in [9.17, 15) is 22.8 Å². The van der Waals surface area contributed by atoms with E-state index in [2.05, 4.69) is 10.3 Å². The summed E-state index contributed by atoms with van der Waals surface area (Å²) in [5.74, 6) is -0.223. The van der Waals surface area contributed by atoms with Gasteiger partial charge in [-0.05, 0) is 86.4 Å². The van der Waals surface area contributed by atoms with Crippen molar-refractivity contribution in [3.05, 3.63) is 77.5 Å². The lowest BCUT2D eigenvalue weighted by atomic mass is 9.92. The first-order chi connectivity index (χ1) is 17.9. The van der Waals surface area contributed by atoms with E-state index in [0.29, 0.717) is 29.7 Å². The summed E-state index contributed by atoms with van der Waals surface area (Å²) in [7, 11) is 0. The van der Waals surface area contributed by atoms with Gasteiger partial charge in [0, 0.05) is 35.9 Å². The lowest BCUT2D eigenvalue weighted by molar-refractivity contribution is -0.137. The number of fused-ring (bicyclic) bond motifs is 1. The van der Waals surface area contributed by atoms with E-state index in [-0.39, 0.29) is 18.9 Å². The zero-order chi connectivity index (χ0) is 27.5. The van der Waals surface area contributed by atoms with Crippen molar-refractivity contribution in [1.82, 2.24) is 9.88 Å². The van der Waals surface area contributed by atoms with E-state index >= 15 is 0 Å². The molecule has 1 aliphatic rings. The zero-order valence-corrected chi connectivity index (χ0v) is 21.5. The van der Waals surface area contributed by atoms with Crippen LogP contribution in [-0.4, -0.2) is 47.0 Å². The largest absolute Gasteiger partial charge is 0.444 e. The van der Waals surface area contributed by atoms with Crippen LogP contribution >= 0.6 is 0 Å². The molecule has 3 aromatic rings. The number of benzene rings is 2. The smallest absolute Gasteiger partial charge is 0.416 e. The van der Waals surface area contributed by atoms with Crippen LogP contribution in [0.25, 0.3) is 22.6 Å². The maximum Gasteiger partial charge on any atom is 0.416 e. The third-order valence-corrected chi connectivity index (χ3v) is 6.06. The van der Waals surface area contributed by atoms with Crippen molar-refractivity contribution >= 4 is 40.1 Å². The molecule has 200 valence electrons. The molecule has 0 saturated carbocycles. The van der Waals surface area contributed by atoms with Crippen molar-refractivity contribution in [3.8, 4) is 0 Å². The molecule has 1 aliphatic heterocycles. The highest BCUT2D eigenvalue weighted by atomic mass is 19.4. The number of nitrogens with zero attached hydrogens (tertiary/aromatic N) is 1. The fourth-order valence-electron chi connectivity index (χ4n) is 4.16. The number of amides is 1. The number of aromatic amines is 1. The molecule has 6 nitrogen and oxygen atoms in total. The number of carbonyl (C=O) groups excluding carboxylic acids is 2. The number of H-pyrrole nitrogens is 1. The van der Waals surface area contributed by atoms with Crippen molar-refractivity contribution < 1.29 is 27.5 Å². The Morgan fingerprint density at radius 3 is 2.58 bits per heavy atom. The van der Waals surface area contributed by atoms with Gasteiger partial charge in [0.2, 0.25) is 0 Å². The zero-order valence-electron chi connectivity index (χ0n) is 21.5. The Morgan fingerprint density at radius 1 is 1.11 bits per heavy atom. The van der Waals surface area contributed by atoms with Crippen molar-refractivity contribution in [2.24, 2.45) is 0 Å². The minimum atomic E-state index is -4.50. The van der Waals surface area contributed by atoms with Gasteiger partial charge in [0.1, 0.15) is 5.60 Å². The Kier molecular flexibility index (Phi) is 7.66. The number of ketones is 1. The van der Waals surface area contributed by atoms with Crippen molar-refractivity contribution in [3.63, 3.8) is 0 Å². The van der Waals surface area contributed by atoms with Gasteiger partial charge in [-0.15, -0.1) is 0 Å². The minimum absolute atomic E-state index is 0.0376. The van der Waals surface area contributed by atoms with Crippen LogP contribution < -0.4 is 5.32 Å². The molecule has 0 saturated heterocycles. The predicted molar refractivity (Wildman–Crippen MR) is 143 cm³/mol. The van der Waals surface area contributed by atoms with E-state index in [1.165, 1.54) is 23.1 Å². The molecule has 0 unspecified atom stereocenters. The fourth-order valence-corrected chi connectivity index (χ4v) is 4.16. The third kappa shape index (κ3) is 6.85. The first-order valence-electron chi connectivity index (χ1n) is 12.3. The summed E-state index contributed by atoms with van der Waals surface area (Å²) in [6, 6.07) is 11.1. The summed E-state index contributed by atoms with van der Waals surface area (Å²) in [6.45, 7) is 5.89. The number of carbonyl (C=O) groups is 2. The second-order valence-electron chi connectivity index (χ2n) is 10.1. The Bertz CT molecular complexity index is 1400. The van der Waals surface area contributed by atoms with Crippen LogP contribution in [0.5, 0.6) is 0 Å². The molecular formula is C29H30F3N3O3. The molecule has 0 fully saturated rings. The van der Waals surface area contributed by atoms with Crippen molar-refractivity contribution in [2.45, 2.75) is 39.0 Å². The van der Waals surface area contributed by atoms with Crippen LogP contribution in [0.3, 0.4) is 0 Å². The average Bonchev–Trinajstić information content (AvgIpc) is 3.32. The number of hydrogen-bond acceptors (Lipinski definition) is 4. The topological polar surface area (TPSA) is 74.4 Å². The van der Waals surface area contributed by atoms with Gasteiger partial charge in [0.15, 0.2) is 5.78 Å². The van der Waals surface area contributed by atoms with Crippen LogP contribution in [-0.2, 0) is 15.7 Å². The monoisotopic (exact) mass is 525 g/mol. The number of aromatic nitrogens is 1. The lowest BCUT2D eigenvalue weighted by Gasteiger charge is -2.30. The molecule has 38 heavy (non-hydrogen) atoms. The Labute approximate surface area is 219 Å². The molecule has 1 amide bonds. The van der Waals surface area contributed by atoms with Gasteiger partial charge < -0.3 is 19.9 Å². The summed E-state index contributed by atoms with van der Waals surface area (Å²) in [6.07, 6.45) is 1.86. The van der Waals surface area contributed by atoms with Gasteiger partial charge in [-0.2, -0.15) is 13.2 Å². The highest BCUT2D eigenvalue weighted by Gasteiger charge is 2.32. The molecule has 9 heteroatoms. The van der Waals surface area contributed by atoms with Crippen LogP contribution in [0, 0.1) is 0 Å². The molecule has 0 bridgehead atoms. The molecule has 1 aromatic heterocycles. The third-order valence-electron chi connectivity index (χ3n) is 6.06. The van der Waals surface area contributed by atoms with Gasteiger partial charge in [0.05, 0.1) is 12.1 Å². The van der Waals surface area contributed by atoms with Gasteiger partial charge in [-0.1, -0.05) is 18.2 Å². The van der Waals surface area contributed by atoms with Gasteiger partial charge >= 0.3 is 12.3 Å². The quantitative estimate of drug-likeness (QED) is 0.343. The summed E-state index contributed by atoms with van der Waals surface area (Å²) in [5.41, 5.74) is 1.93. The minimum Gasteiger partial charge on any atom is -0.444 e. The number of rotatable bonds is 6. The van der Waals surface area contributed by atoms with Crippen LogP contribution in [0.1, 0.15) is 43.9 Å². The molecular weight excluding hydrogens is 495 g/mol. The predicted octanol–water partition coefficient (Wildman–Crippen LogP) is 6.91. The number of anilines is 1. The molecule has 0 radical (unpaired) electrons. The highest BCUT2D eigenvalue weighted by molar-refractivity contribution is 5.97. The van der Waals surface area contributed by atoms with Crippen molar-refractivity contribution in [2.75, 3.05) is 25.0 Å². The number of nitrogens with one attached hydrogen (secondary N) is 2. The average molecular weight is 526 g/mol. The standard InChI is InChI=1S/C29H30F3N3O3/c1-28(2,3)38-27(37)35-14-11-20(12-15-35)25-17-22(29(30,31)32)6-4-19(25)5-8-24(36)18-34-23-7-9-26-21(16-23)10-13-33-26/h4-11,13,16-17,33-34H,12,14-15,18H2,1-3H3/b8-5+. The molecule has 2 aromatic carbocycles. The number of halogens is 3. The molecule has 2 heterocycles. The lowest BCUT2D eigenvalue weighted by Crippen LogP contribution is -2.39. The SMILES string of the molecule is CC(C)(C)OC(=O)N1CC=C(c2cc(C(F)(F)F)ccc2/C=C/C(=O)CNc2ccc3[nH]ccc3c2)CC1. The van der Waals surface area contributed by atoms with Crippen LogP contribution in [0.2, 0.25) is 0 Å². The van der Waals surface area contributed by atoms with Crippen molar-refractivity contribution in [1.29, 1.82) is 0 Å². The molecule has 0 spiro atoms. The summed E-state index contributed by atoms with van der Waals surface area (Å²) < 4.78 is 45.8. The van der Waals surface area contributed by atoms with E-state index in [1.807, 2.05) is 30.5 Å². The van der Waals surface area contributed by atoms with E-state index < -0.39 is 23.4 Å². The first-order valence-corrected chi connectivity index (χ1v) is 12.3.